The molecule has 0 saturated carbocycles. The molecule has 2 rings (SSSR count). The number of nitrogens with one attached hydrogen (secondary N) is 1. The van der Waals surface area contributed by atoms with Gasteiger partial charge in [0.1, 0.15) is 0 Å². The highest BCUT2D eigenvalue weighted by Gasteiger charge is 2.14. The van der Waals surface area contributed by atoms with Crippen LogP contribution < -0.4 is 5.32 Å². The third-order valence-electron chi connectivity index (χ3n) is 2.88. The Labute approximate surface area is 143 Å². The Bertz CT molecular complexity index is 558. The molecule has 0 spiro atoms. The molecular weight excluding hydrogens is 483 g/mol. The smallest absolute Gasteiger partial charge is 0.0423 e. The number of hydrogen-bond donors (Lipinski definition) is 1. The zero-order valence-electron chi connectivity index (χ0n) is 10.3. The molecule has 5 heteroatoms. The number of aromatic nitrogens is 1. The van der Waals surface area contributed by atoms with E-state index in [0.717, 1.165) is 21.1 Å². The molecule has 0 aliphatic carbocycles. The van der Waals surface area contributed by atoms with E-state index in [4.69, 9.17) is 0 Å². The molecular formula is C14H13Br2IN2. The number of pyridine rings is 1. The van der Waals surface area contributed by atoms with Gasteiger partial charge in [0.05, 0.1) is 0 Å². The number of halogens is 3. The molecule has 0 saturated heterocycles. The zero-order valence-corrected chi connectivity index (χ0v) is 15.7. The predicted octanol–water partition coefficient (Wildman–Crippen LogP) is 4.71. The maximum absolute atomic E-state index is 4.44. The van der Waals surface area contributed by atoms with Gasteiger partial charge in [-0.15, -0.1) is 0 Å². The van der Waals surface area contributed by atoms with Gasteiger partial charge in [0, 0.05) is 36.9 Å². The number of likely N-dealkylation sites (N-methyl/N-ethyl adjacent to an activating group) is 1. The SMILES string of the molecule is CNC(Cc1ccc(Br)cn1)c1cc(Br)ccc1I. The number of hydrogen-bond acceptors (Lipinski definition) is 2. The van der Waals surface area contributed by atoms with Gasteiger partial charge >= 0.3 is 0 Å². The molecule has 1 N–H and O–H groups in total. The minimum absolute atomic E-state index is 0.262. The van der Waals surface area contributed by atoms with E-state index in [9.17, 15) is 0 Å². The third kappa shape index (κ3) is 4.24. The van der Waals surface area contributed by atoms with Crippen LogP contribution in [0.25, 0.3) is 0 Å². The van der Waals surface area contributed by atoms with Crippen LogP contribution in [0.1, 0.15) is 17.3 Å². The Morgan fingerprint density at radius 2 is 1.95 bits per heavy atom. The van der Waals surface area contributed by atoms with Crippen molar-refractivity contribution in [3.63, 3.8) is 0 Å². The highest BCUT2D eigenvalue weighted by atomic mass is 127. The van der Waals surface area contributed by atoms with Crippen LogP contribution in [0.15, 0.2) is 45.5 Å². The van der Waals surface area contributed by atoms with Crippen LogP contribution in [0.5, 0.6) is 0 Å². The highest BCUT2D eigenvalue weighted by Crippen LogP contribution is 2.26. The molecule has 1 aromatic heterocycles. The fourth-order valence-corrected chi connectivity index (χ4v) is 3.21. The van der Waals surface area contributed by atoms with Crippen molar-refractivity contribution in [3.8, 4) is 0 Å². The molecule has 0 radical (unpaired) electrons. The van der Waals surface area contributed by atoms with Crippen LogP contribution >= 0.6 is 54.5 Å². The van der Waals surface area contributed by atoms with E-state index in [2.05, 4.69) is 89.0 Å². The lowest BCUT2D eigenvalue weighted by Crippen LogP contribution is -2.20. The molecule has 0 amide bonds. The summed E-state index contributed by atoms with van der Waals surface area (Å²) < 4.78 is 3.37. The molecule has 0 aliphatic heterocycles. The summed E-state index contributed by atoms with van der Waals surface area (Å²) in [6, 6.07) is 10.7. The van der Waals surface area contributed by atoms with Crippen LogP contribution in [0.2, 0.25) is 0 Å². The molecule has 1 unspecified atom stereocenters. The summed E-state index contributed by atoms with van der Waals surface area (Å²) in [5.41, 5.74) is 2.38. The second kappa shape index (κ2) is 7.15. The van der Waals surface area contributed by atoms with Crippen molar-refractivity contribution in [1.82, 2.24) is 10.3 Å². The minimum Gasteiger partial charge on any atom is -0.313 e. The van der Waals surface area contributed by atoms with Crippen molar-refractivity contribution in [2.75, 3.05) is 7.05 Å². The topological polar surface area (TPSA) is 24.9 Å². The van der Waals surface area contributed by atoms with Gasteiger partial charge in [0.2, 0.25) is 0 Å². The van der Waals surface area contributed by atoms with Gasteiger partial charge in [-0.1, -0.05) is 15.9 Å². The number of rotatable bonds is 4. The molecule has 0 bridgehead atoms. The van der Waals surface area contributed by atoms with E-state index in [1.165, 1.54) is 9.13 Å². The second-order valence-electron chi connectivity index (χ2n) is 4.18. The van der Waals surface area contributed by atoms with Gasteiger partial charge in [-0.25, -0.2) is 0 Å². The van der Waals surface area contributed by atoms with Crippen LogP contribution in [0.3, 0.4) is 0 Å². The van der Waals surface area contributed by atoms with Crippen molar-refractivity contribution < 1.29 is 0 Å². The van der Waals surface area contributed by atoms with Crippen molar-refractivity contribution >= 4 is 54.5 Å². The van der Waals surface area contributed by atoms with Gasteiger partial charge in [0.25, 0.3) is 0 Å². The summed E-state index contributed by atoms with van der Waals surface area (Å²) >= 11 is 9.32. The van der Waals surface area contributed by atoms with Crippen LogP contribution in [-0.2, 0) is 6.42 Å². The predicted molar refractivity (Wildman–Crippen MR) is 94.3 cm³/mol. The fourth-order valence-electron chi connectivity index (χ4n) is 1.89. The lowest BCUT2D eigenvalue weighted by Gasteiger charge is -2.18. The molecule has 100 valence electrons. The summed E-state index contributed by atoms with van der Waals surface area (Å²) in [6.45, 7) is 0. The van der Waals surface area contributed by atoms with Crippen LogP contribution in [-0.4, -0.2) is 12.0 Å². The molecule has 1 atom stereocenters. The third-order valence-corrected chi connectivity index (χ3v) is 4.83. The first-order chi connectivity index (χ1) is 9.10. The molecule has 0 aliphatic rings. The van der Waals surface area contributed by atoms with Crippen LogP contribution in [0.4, 0.5) is 0 Å². The van der Waals surface area contributed by atoms with Gasteiger partial charge < -0.3 is 5.32 Å². The lowest BCUT2D eigenvalue weighted by atomic mass is 10.0. The van der Waals surface area contributed by atoms with E-state index >= 15 is 0 Å². The maximum atomic E-state index is 4.44. The summed E-state index contributed by atoms with van der Waals surface area (Å²) in [7, 11) is 1.99. The summed E-state index contributed by atoms with van der Waals surface area (Å²) in [4.78, 5) is 4.44. The first kappa shape index (κ1) is 15.4. The largest absolute Gasteiger partial charge is 0.313 e. The first-order valence-electron chi connectivity index (χ1n) is 5.83. The van der Waals surface area contributed by atoms with Crippen LogP contribution in [0, 0.1) is 3.57 Å². The van der Waals surface area contributed by atoms with Gasteiger partial charge in [-0.3, -0.25) is 4.98 Å². The second-order valence-corrected chi connectivity index (χ2v) is 7.17. The number of nitrogens with zero attached hydrogens (tertiary/aromatic N) is 1. The average molecular weight is 496 g/mol. The van der Waals surface area contributed by atoms with Gasteiger partial charge in [-0.05, 0) is 81.5 Å². The Balaban J connectivity index is 2.24. The zero-order chi connectivity index (χ0) is 13.8. The molecule has 2 aromatic rings. The van der Waals surface area contributed by atoms with Crippen molar-refractivity contribution in [3.05, 3.63) is 60.3 Å². The lowest BCUT2D eigenvalue weighted by molar-refractivity contribution is 0.581. The highest BCUT2D eigenvalue weighted by molar-refractivity contribution is 14.1. The molecule has 0 fully saturated rings. The monoisotopic (exact) mass is 494 g/mol. The summed E-state index contributed by atoms with van der Waals surface area (Å²) in [5.74, 6) is 0. The van der Waals surface area contributed by atoms with Crippen molar-refractivity contribution in [1.29, 1.82) is 0 Å². The first-order valence-corrected chi connectivity index (χ1v) is 8.49. The summed E-state index contributed by atoms with van der Waals surface area (Å²) in [5, 5.41) is 3.37. The average Bonchev–Trinajstić information content (AvgIpc) is 2.41. The Hall–Kier alpha value is 0.0200. The Morgan fingerprint density at radius 3 is 2.58 bits per heavy atom. The summed E-state index contributed by atoms with van der Waals surface area (Å²) in [6.07, 6.45) is 2.71. The normalized spacial score (nSPS) is 12.4. The van der Waals surface area contributed by atoms with Crippen molar-refractivity contribution in [2.24, 2.45) is 0 Å². The van der Waals surface area contributed by atoms with E-state index in [1.54, 1.807) is 0 Å². The van der Waals surface area contributed by atoms with E-state index in [-0.39, 0.29) is 6.04 Å². The van der Waals surface area contributed by atoms with E-state index in [0.29, 0.717) is 0 Å². The molecule has 1 aromatic carbocycles. The maximum Gasteiger partial charge on any atom is 0.0423 e. The molecule has 19 heavy (non-hydrogen) atoms. The Kier molecular flexibility index (Phi) is 5.80. The number of benzene rings is 1. The Morgan fingerprint density at radius 1 is 1.21 bits per heavy atom. The molecule has 1 heterocycles. The standard InChI is InChI=1S/C14H13Br2IN2/c1-18-14(7-11-4-2-10(16)8-19-11)12-6-9(15)3-5-13(12)17/h2-6,8,14,18H,7H2,1H3. The molecule has 2 nitrogen and oxygen atoms in total. The van der Waals surface area contributed by atoms with Gasteiger partial charge in [-0.2, -0.15) is 0 Å². The fraction of sp³-hybridized carbons (Fsp3) is 0.214. The van der Waals surface area contributed by atoms with E-state index in [1.807, 2.05) is 19.3 Å². The minimum atomic E-state index is 0.262. The van der Waals surface area contributed by atoms with Gasteiger partial charge in [0.15, 0.2) is 0 Å². The van der Waals surface area contributed by atoms with E-state index < -0.39 is 0 Å². The van der Waals surface area contributed by atoms with Crippen molar-refractivity contribution in [2.45, 2.75) is 12.5 Å². The quantitative estimate of drug-likeness (QED) is 0.621.